The van der Waals surface area contributed by atoms with Crippen molar-refractivity contribution in [3.8, 4) is 6.07 Å². The lowest BCUT2D eigenvalue weighted by Gasteiger charge is -2.36. The fraction of sp³-hybridized carbons (Fsp3) is 0.556. The van der Waals surface area contributed by atoms with Gasteiger partial charge in [0.05, 0.1) is 17.3 Å². The predicted molar refractivity (Wildman–Crippen MR) is 88.8 cm³/mol. The minimum atomic E-state index is -0.366. The van der Waals surface area contributed by atoms with E-state index >= 15 is 0 Å². The van der Waals surface area contributed by atoms with Gasteiger partial charge in [-0.15, -0.1) is 0 Å². The highest BCUT2D eigenvalue weighted by Gasteiger charge is 2.23. The van der Waals surface area contributed by atoms with Gasteiger partial charge in [-0.2, -0.15) is 5.26 Å². The van der Waals surface area contributed by atoms with Crippen molar-refractivity contribution in [3.05, 3.63) is 29.1 Å². The first-order chi connectivity index (χ1) is 11.1. The maximum absolute atomic E-state index is 14.2. The molecule has 1 aromatic rings. The first-order valence-electron chi connectivity index (χ1n) is 8.29. The first-order valence-corrected chi connectivity index (χ1v) is 8.29. The molecular formula is C18H24FN3O. The number of amides is 1. The molecule has 23 heavy (non-hydrogen) atoms. The number of anilines is 1. The molecule has 1 fully saturated rings. The van der Waals surface area contributed by atoms with Gasteiger partial charge in [-0.25, -0.2) is 4.39 Å². The minimum absolute atomic E-state index is 0.203. The predicted octanol–water partition coefficient (Wildman–Crippen LogP) is 3.23. The van der Waals surface area contributed by atoms with Crippen LogP contribution in [0.15, 0.2) is 12.1 Å². The van der Waals surface area contributed by atoms with E-state index in [2.05, 4.69) is 6.92 Å². The molecule has 1 aliphatic rings. The van der Waals surface area contributed by atoms with E-state index < -0.39 is 0 Å². The number of halogens is 1. The first kappa shape index (κ1) is 17.3. The maximum Gasteiger partial charge on any atom is 0.222 e. The molecule has 124 valence electrons. The molecule has 0 saturated carbocycles. The molecule has 0 aromatic heterocycles. The Balaban J connectivity index is 1.96. The Hall–Kier alpha value is -2.09. The van der Waals surface area contributed by atoms with Crippen molar-refractivity contribution in [2.24, 2.45) is 0 Å². The summed E-state index contributed by atoms with van der Waals surface area (Å²) in [6.45, 7) is 6.45. The van der Waals surface area contributed by atoms with Gasteiger partial charge in [0.25, 0.3) is 0 Å². The Morgan fingerprint density at radius 1 is 1.26 bits per heavy atom. The van der Waals surface area contributed by atoms with Crippen molar-refractivity contribution in [2.75, 3.05) is 31.1 Å². The van der Waals surface area contributed by atoms with Crippen LogP contribution < -0.4 is 4.90 Å². The summed E-state index contributed by atoms with van der Waals surface area (Å²) in [5, 5.41) is 8.95. The van der Waals surface area contributed by atoms with E-state index in [0.29, 0.717) is 43.9 Å². The van der Waals surface area contributed by atoms with Gasteiger partial charge < -0.3 is 9.80 Å². The van der Waals surface area contributed by atoms with Crippen LogP contribution in [0.4, 0.5) is 10.1 Å². The molecule has 0 N–H and O–H groups in total. The topological polar surface area (TPSA) is 47.3 Å². The van der Waals surface area contributed by atoms with Crippen LogP contribution in [0.5, 0.6) is 0 Å². The van der Waals surface area contributed by atoms with Crippen molar-refractivity contribution >= 4 is 11.6 Å². The summed E-state index contributed by atoms with van der Waals surface area (Å²) in [4.78, 5) is 16.0. The van der Waals surface area contributed by atoms with Gasteiger partial charge in [0, 0.05) is 32.6 Å². The number of nitrogens with zero attached hydrogens (tertiary/aromatic N) is 3. The molecular weight excluding hydrogens is 293 g/mol. The van der Waals surface area contributed by atoms with Gasteiger partial charge in [0.15, 0.2) is 0 Å². The molecule has 1 heterocycles. The average molecular weight is 317 g/mol. The lowest BCUT2D eigenvalue weighted by atomic mass is 10.1. The third-order valence-corrected chi connectivity index (χ3v) is 4.38. The maximum atomic E-state index is 14.2. The summed E-state index contributed by atoms with van der Waals surface area (Å²) in [5.41, 5.74) is 1.68. The third kappa shape index (κ3) is 4.22. The van der Waals surface area contributed by atoms with E-state index in [1.807, 2.05) is 22.8 Å². The zero-order valence-corrected chi connectivity index (χ0v) is 13.9. The van der Waals surface area contributed by atoms with Crippen molar-refractivity contribution < 1.29 is 9.18 Å². The second-order valence-corrected chi connectivity index (χ2v) is 6.06. The molecule has 0 bridgehead atoms. The smallest absolute Gasteiger partial charge is 0.222 e. The molecule has 1 saturated heterocycles. The van der Waals surface area contributed by atoms with E-state index in [4.69, 9.17) is 5.26 Å². The SMILES string of the molecule is CCCCCC(=O)N1CCN(c2cc(C)c(C#N)cc2F)CC1. The second kappa shape index (κ2) is 7.96. The highest BCUT2D eigenvalue weighted by atomic mass is 19.1. The van der Waals surface area contributed by atoms with Crippen molar-refractivity contribution in [2.45, 2.75) is 39.5 Å². The van der Waals surface area contributed by atoms with Crippen LogP contribution in [-0.2, 0) is 4.79 Å². The zero-order chi connectivity index (χ0) is 16.8. The lowest BCUT2D eigenvalue weighted by molar-refractivity contribution is -0.131. The minimum Gasteiger partial charge on any atom is -0.366 e. The molecule has 1 amide bonds. The highest BCUT2D eigenvalue weighted by molar-refractivity contribution is 5.76. The molecule has 0 radical (unpaired) electrons. The number of rotatable bonds is 5. The Kier molecular flexibility index (Phi) is 5.97. The quantitative estimate of drug-likeness (QED) is 0.783. The normalized spacial score (nSPS) is 14.7. The molecule has 5 heteroatoms. The van der Waals surface area contributed by atoms with Crippen molar-refractivity contribution in [3.63, 3.8) is 0 Å². The Bertz CT molecular complexity index is 601. The molecule has 1 aliphatic heterocycles. The summed E-state index contributed by atoms with van der Waals surface area (Å²) < 4.78 is 14.2. The molecule has 0 unspecified atom stereocenters. The number of benzene rings is 1. The van der Waals surface area contributed by atoms with Crippen LogP contribution in [0.3, 0.4) is 0 Å². The lowest BCUT2D eigenvalue weighted by Crippen LogP contribution is -2.49. The van der Waals surface area contributed by atoms with Crippen LogP contribution >= 0.6 is 0 Å². The van der Waals surface area contributed by atoms with Crippen molar-refractivity contribution in [1.82, 2.24) is 4.90 Å². The second-order valence-electron chi connectivity index (χ2n) is 6.06. The molecule has 0 spiro atoms. The van der Waals surface area contributed by atoms with Crippen LogP contribution in [0.25, 0.3) is 0 Å². The standard InChI is InChI=1S/C18H24FN3O/c1-3-4-5-6-18(23)22-9-7-21(8-10-22)17-11-14(2)15(13-20)12-16(17)19/h11-12H,3-10H2,1-2H3. The van der Waals surface area contributed by atoms with Crippen molar-refractivity contribution in [1.29, 1.82) is 5.26 Å². The number of unbranched alkanes of at least 4 members (excludes halogenated alkanes) is 2. The molecule has 0 aliphatic carbocycles. The largest absolute Gasteiger partial charge is 0.366 e. The summed E-state index contributed by atoms with van der Waals surface area (Å²) >= 11 is 0. The zero-order valence-electron chi connectivity index (χ0n) is 13.9. The Morgan fingerprint density at radius 2 is 1.96 bits per heavy atom. The van der Waals surface area contributed by atoms with Gasteiger partial charge in [-0.05, 0) is 31.0 Å². The van der Waals surface area contributed by atoms with E-state index in [1.165, 1.54) is 6.07 Å². The van der Waals surface area contributed by atoms with E-state index in [1.54, 1.807) is 6.07 Å². The van der Waals surface area contributed by atoms with Crippen LogP contribution in [0.2, 0.25) is 0 Å². The third-order valence-electron chi connectivity index (χ3n) is 4.38. The fourth-order valence-corrected chi connectivity index (χ4v) is 2.91. The summed E-state index contributed by atoms with van der Waals surface area (Å²) in [7, 11) is 0. The molecule has 0 atom stereocenters. The highest BCUT2D eigenvalue weighted by Crippen LogP contribution is 2.24. The van der Waals surface area contributed by atoms with E-state index in [9.17, 15) is 9.18 Å². The Labute approximate surface area is 137 Å². The molecule has 1 aromatic carbocycles. The number of nitriles is 1. The summed E-state index contributed by atoms with van der Waals surface area (Å²) in [5.74, 6) is -0.163. The van der Waals surface area contributed by atoms with E-state index in [0.717, 1.165) is 24.8 Å². The van der Waals surface area contributed by atoms with Gasteiger partial charge in [0.1, 0.15) is 5.82 Å². The van der Waals surface area contributed by atoms with Gasteiger partial charge in [-0.1, -0.05) is 19.8 Å². The monoisotopic (exact) mass is 317 g/mol. The number of hydrogen-bond donors (Lipinski definition) is 0. The number of carbonyl (C=O) groups excluding carboxylic acids is 1. The summed E-state index contributed by atoms with van der Waals surface area (Å²) in [6, 6.07) is 5.03. The molecule has 2 rings (SSSR count). The van der Waals surface area contributed by atoms with Gasteiger partial charge >= 0.3 is 0 Å². The number of piperazine rings is 1. The van der Waals surface area contributed by atoms with E-state index in [-0.39, 0.29) is 11.7 Å². The van der Waals surface area contributed by atoms with Gasteiger partial charge in [0.2, 0.25) is 5.91 Å². The number of carbonyl (C=O) groups is 1. The number of hydrogen-bond acceptors (Lipinski definition) is 3. The van der Waals surface area contributed by atoms with Crippen LogP contribution in [0, 0.1) is 24.1 Å². The van der Waals surface area contributed by atoms with Gasteiger partial charge in [-0.3, -0.25) is 4.79 Å². The van der Waals surface area contributed by atoms with Crippen LogP contribution in [-0.4, -0.2) is 37.0 Å². The number of aryl methyl sites for hydroxylation is 1. The van der Waals surface area contributed by atoms with Crippen LogP contribution in [0.1, 0.15) is 43.7 Å². The molecule has 4 nitrogen and oxygen atoms in total. The fourth-order valence-electron chi connectivity index (χ4n) is 2.91. The Morgan fingerprint density at radius 3 is 2.57 bits per heavy atom. The average Bonchev–Trinajstić information content (AvgIpc) is 2.57. The summed E-state index contributed by atoms with van der Waals surface area (Å²) in [6.07, 6.45) is 3.75.